The molecule has 0 saturated heterocycles. The monoisotopic (exact) mass is 345 g/mol. The van der Waals surface area contributed by atoms with Crippen molar-refractivity contribution in [2.24, 2.45) is 0 Å². The van der Waals surface area contributed by atoms with Gasteiger partial charge in [0.2, 0.25) is 0 Å². The van der Waals surface area contributed by atoms with Gasteiger partial charge in [-0.2, -0.15) is 0 Å². The zero-order valence-corrected chi connectivity index (χ0v) is 13.6. The Hall–Kier alpha value is -2.11. The molecule has 6 heteroatoms. The van der Waals surface area contributed by atoms with Crippen LogP contribution in [-0.4, -0.2) is 17.1 Å². The highest BCUT2D eigenvalue weighted by atomic mass is 35.5. The standard InChI is InChI=1S/C17H12ClNO3S/c18-11-5-6-13-10(7-11)8-14(22-13)17(20)21-9-16-19-12-3-1-2-4-15(12)23-16/h1-7,14H,8-9H2/t14-/m0/s1. The van der Waals surface area contributed by atoms with Gasteiger partial charge in [-0.3, -0.25) is 0 Å². The molecule has 0 N–H and O–H groups in total. The van der Waals surface area contributed by atoms with Crippen LogP contribution in [0.5, 0.6) is 5.75 Å². The van der Waals surface area contributed by atoms with Crippen molar-refractivity contribution < 1.29 is 14.3 Å². The first-order valence-electron chi connectivity index (χ1n) is 7.15. The molecule has 0 saturated carbocycles. The Labute approximate surface area is 141 Å². The van der Waals surface area contributed by atoms with Gasteiger partial charge in [-0.1, -0.05) is 23.7 Å². The van der Waals surface area contributed by atoms with Crippen molar-refractivity contribution >= 4 is 39.1 Å². The summed E-state index contributed by atoms with van der Waals surface area (Å²) in [7, 11) is 0. The summed E-state index contributed by atoms with van der Waals surface area (Å²) in [5, 5.41) is 1.41. The first kappa shape index (κ1) is 14.5. The summed E-state index contributed by atoms with van der Waals surface area (Å²) in [6.45, 7) is 0.162. The van der Waals surface area contributed by atoms with E-state index >= 15 is 0 Å². The molecule has 2 aromatic carbocycles. The van der Waals surface area contributed by atoms with Crippen molar-refractivity contribution in [2.75, 3.05) is 0 Å². The van der Waals surface area contributed by atoms with Gasteiger partial charge < -0.3 is 9.47 Å². The first-order valence-corrected chi connectivity index (χ1v) is 8.35. The van der Waals surface area contributed by atoms with Gasteiger partial charge in [-0.05, 0) is 35.9 Å². The predicted molar refractivity (Wildman–Crippen MR) is 89.0 cm³/mol. The molecule has 4 nitrogen and oxygen atoms in total. The van der Waals surface area contributed by atoms with Gasteiger partial charge in [0.25, 0.3) is 0 Å². The molecule has 3 aromatic rings. The van der Waals surface area contributed by atoms with Crippen LogP contribution in [0.25, 0.3) is 10.2 Å². The Balaban J connectivity index is 1.41. The number of para-hydroxylation sites is 1. The van der Waals surface area contributed by atoms with Crippen molar-refractivity contribution in [3.63, 3.8) is 0 Å². The summed E-state index contributed by atoms with van der Waals surface area (Å²) in [5.74, 6) is 0.313. The second-order valence-electron chi connectivity index (χ2n) is 5.25. The maximum Gasteiger partial charge on any atom is 0.348 e. The van der Waals surface area contributed by atoms with Gasteiger partial charge in [0.05, 0.1) is 10.2 Å². The van der Waals surface area contributed by atoms with E-state index in [4.69, 9.17) is 21.1 Å². The Morgan fingerprint density at radius 2 is 2.22 bits per heavy atom. The largest absolute Gasteiger partial charge is 0.478 e. The molecule has 0 spiro atoms. The highest BCUT2D eigenvalue weighted by Gasteiger charge is 2.30. The van der Waals surface area contributed by atoms with E-state index in [9.17, 15) is 4.79 Å². The number of esters is 1. The summed E-state index contributed by atoms with van der Waals surface area (Å²) in [4.78, 5) is 16.6. The lowest BCUT2D eigenvalue weighted by Gasteiger charge is -2.09. The van der Waals surface area contributed by atoms with Crippen LogP contribution in [-0.2, 0) is 22.6 Å². The molecule has 0 unspecified atom stereocenters. The minimum Gasteiger partial charge on any atom is -0.478 e. The van der Waals surface area contributed by atoms with Crippen LogP contribution in [0.2, 0.25) is 5.02 Å². The third-order valence-corrected chi connectivity index (χ3v) is 4.88. The SMILES string of the molecule is O=C(OCc1nc2ccccc2s1)[C@@H]1Cc2cc(Cl)ccc2O1. The van der Waals surface area contributed by atoms with E-state index in [0.717, 1.165) is 20.8 Å². The van der Waals surface area contributed by atoms with Gasteiger partial charge in [0.15, 0.2) is 6.10 Å². The molecule has 1 aliphatic heterocycles. The summed E-state index contributed by atoms with van der Waals surface area (Å²) < 4.78 is 12.1. The maximum absolute atomic E-state index is 12.2. The summed E-state index contributed by atoms with van der Waals surface area (Å²) >= 11 is 7.48. The summed E-state index contributed by atoms with van der Waals surface area (Å²) in [6.07, 6.45) is -0.132. The second kappa shape index (κ2) is 5.83. The number of aromatic nitrogens is 1. The average molecular weight is 346 g/mol. The smallest absolute Gasteiger partial charge is 0.348 e. The van der Waals surface area contributed by atoms with E-state index in [1.54, 1.807) is 12.1 Å². The van der Waals surface area contributed by atoms with E-state index in [-0.39, 0.29) is 12.6 Å². The minimum absolute atomic E-state index is 0.162. The number of halogens is 1. The van der Waals surface area contributed by atoms with Crippen LogP contribution < -0.4 is 4.74 Å². The van der Waals surface area contributed by atoms with Gasteiger partial charge >= 0.3 is 5.97 Å². The van der Waals surface area contributed by atoms with E-state index in [0.29, 0.717) is 17.2 Å². The number of hydrogen-bond donors (Lipinski definition) is 0. The van der Waals surface area contributed by atoms with E-state index in [2.05, 4.69) is 4.98 Å². The van der Waals surface area contributed by atoms with Crippen LogP contribution in [0.15, 0.2) is 42.5 Å². The normalized spacial score (nSPS) is 16.1. The zero-order chi connectivity index (χ0) is 15.8. The van der Waals surface area contributed by atoms with E-state index < -0.39 is 6.10 Å². The molecular weight excluding hydrogens is 334 g/mol. The predicted octanol–water partition coefficient (Wildman–Crippen LogP) is 4.00. The molecule has 0 bridgehead atoms. The molecule has 23 heavy (non-hydrogen) atoms. The van der Waals surface area contributed by atoms with Crippen LogP contribution in [0, 0.1) is 0 Å². The average Bonchev–Trinajstić information content (AvgIpc) is 3.15. The molecule has 0 fully saturated rings. The summed E-state index contributed by atoms with van der Waals surface area (Å²) in [6, 6.07) is 13.2. The molecule has 0 aliphatic carbocycles. The van der Waals surface area contributed by atoms with Gasteiger partial charge in [0, 0.05) is 11.4 Å². The quantitative estimate of drug-likeness (QED) is 0.673. The highest BCUT2D eigenvalue weighted by Crippen LogP contribution is 2.31. The molecular formula is C17H12ClNO3S. The fourth-order valence-corrected chi connectivity index (χ4v) is 3.63. The molecule has 116 valence electrons. The lowest BCUT2D eigenvalue weighted by Crippen LogP contribution is -2.27. The fraction of sp³-hybridized carbons (Fsp3) is 0.176. The van der Waals surface area contributed by atoms with Gasteiger partial charge in [-0.25, -0.2) is 9.78 Å². The topological polar surface area (TPSA) is 48.4 Å². The number of ether oxygens (including phenoxy) is 2. The van der Waals surface area contributed by atoms with E-state index in [1.165, 1.54) is 11.3 Å². The van der Waals surface area contributed by atoms with E-state index in [1.807, 2.05) is 30.3 Å². The minimum atomic E-state index is -0.613. The molecule has 1 atom stereocenters. The number of hydrogen-bond acceptors (Lipinski definition) is 5. The fourth-order valence-electron chi connectivity index (χ4n) is 2.56. The Morgan fingerprint density at radius 3 is 3.09 bits per heavy atom. The molecule has 0 radical (unpaired) electrons. The Kier molecular flexibility index (Phi) is 3.67. The van der Waals surface area contributed by atoms with Crippen molar-refractivity contribution in [2.45, 2.75) is 19.1 Å². The number of carbonyl (C=O) groups is 1. The number of thiazole rings is 1. The molecule has 2 heterocycles. The lowest BCUT2D eigenvalue weighted by molar-refractivity contribution is -0.152. The van der Waals surface area contributed by atoms with Crippen LogP contribution in [0.3, 0.4) is 0 Å². The van der Waals surface area contributed by atoms with Crippen LogP contribution in [0.1, 0.15) is 10.6 Å². The molecule has 1 aromatic heterocycles. The van der Waals surface area contributed by atoms with Gasteiger partial charge in [0.1, 0.15) is 17.4 Å². The third kappa shape index (κ3) is 2.90. The van der Waals surface area contributed by atoms with Gasteiger partial charge in [-0.15, -0.1) is 11.3 Å². The zero-order valence-electron chi connectivity index (χ0n) is 12.0. The first-order chi connectivity index (χ1) is 11.2. The second-order valence-corrected chi connectivity index (χ2v) is 6.80. The van der Waals surface area contributed by atoms with Crippen LogP contribution in [0.4, 0.5) is 0 Å². The van der Waals surface area contributed by atoms with Crippen LogP contribution >= 0.6 is 22.9 Å². The van der Waals surface area contributed by atoms with Crippen molar-refractivity contribution in [3.05, 3.63) is 58.1 Å². The molecule has 4 rings (SSSR count). The Morgan fingerprint density at radius 1 is 1.35 bits per heavy atom. The number of rotatable bonds is 3. The molecule has 0 amide bonds. The van der Waals surface area contributed by atoms with Crippen molar-refractivity contribution in [3.8, 4) is 5.75 Å². The maximum atomic E-state index is 12.2. The van der Waals surface area contributed by atoms with Crippen molar-refractivity contribution in [1.29, 1.82) is 0 Å². The van der Waals surface area contributed by atoms with Crippen molar-refractivity contribution in [1.82, 2.24) is 4.98 Å². The summed E-state index contributed by atoms with van der Waals surface area (Å²) in [5.41, 5.74) is 1.85. The lowest BCUT2D eigenvalue weighted by atomic mass is 10.1. The number of carbonyl (C=O) groups excluding carboxylic acids is 1. The number of nitrogens with zero attached hydrogens (tertiary/aromatic N) is 1. The Bertz CT molecular complexity index is 859. The third-order valence-electron chi connectivity index (χ3n) is 3.64. The molecule has 1 aliphatic rings. The number of benzene rings is 2. The highest BCUT2D eigenvalue weighted by molar-refractivity contribution is 7.18. The number of fused-ring (bicyclic) bond motifs is 2.